The van der Waals surface area contributed by atoms with Gasteiger partial charge in [0.15, 0.2) is 0 Å². The monoisotopic (exact) mass is 405 g/mol. The zero-order valence-corrected chi connectivity index (χ0v) is 15.4. The number of halogens is 1. The smallest absolute Gasteiger partial charge is 0.256 e. The van der Waals surface area contributed by atoms with E-state index in [-0.39, 0.29) is 11.8 Å². The van der Waals surface area contributed by atoms with Crippen LogP contribution in [0.15, 0.2) is 29.0 Å². The van der Waals surface area contributed by atoms with Gasteiger partial charge in [0.1, 0.15) is 6.33 Å². The van der Waals surface area contributed by atoms with Crippen molar-refractivity contribution in [3.05, 3.63) is 34.6 Å². The van der Waals surface area contributed by atoms with Crippen molar-refractivity contribution in [3.8, 4) is 5.69 Å². The van der Waals surface area contributed by atoms with Crippen LogP contribution in [0.2, 0.25) is 0 Å². The van der Waals surface area contributed by atoms with Gasteiger partial charge in [-0.2, -0.15) is 4.68 Å². The summed E-state index contributed by atoms with van der Waals surface area (Å²) in [5.41, 5.74) is 0.621. The lowest BCUT2D eigenvalue weighted by Crippen LogP contribution is -2.54. The maximum absolute atomic E-state index is 13.2. The molecule has 0 bridgehead atoms. The predicted octanol–water partition coefficient (Wildman–Crippen LogP) is 2.19. The molecule has 1 aromatic heterocycles. The quantitative estimate of drug-likeness (QED) is 0.827. The fourth-order valence-electron chi connectivity index (χ4n) is 4.08. The first-order chi connectivity index (χ1) is 12.1. The highest BCUT2D eigenvalue weighted by atomic mass is 79.9. The topological polar surface area (TPSA) is 84.1 Å². The highest BCUT2D eigenvalue weighted by Crippen LogP contribution is 2.40. The predicted molar refractivity (Wildman–Crippen MR) is 94.3 cm³/mol. The van der Waals surface area contributed by atoms with Crippen LogP contribution < -0.4 is 0 Å². The Morgan fingerprint density at radius 3 is 3.00 bits per heavy atom. The Morgan fingerprint density at radius 2 is 2.20 bits per heavy atom. The molecule has 7 nitrogen and oxygen atoms in total. The molecule has 1 aromatic carbocycles. The molecule has 1 aliphatic carbocycles. The number of amides is 1. The normalized spacial score (nSPS) is 26.3. The number of carbonyl (C=O) groups is 1. The molecular formula is C17H20BrN5O2. The van der Waals surface area contributed by atoms with Crippen molar-refractivity contribution in [2.75, 3.05) is 13.1 Å². The molecule has 0 spiro atoms. The van der Waals surface area contributed by atoms with E-state index < -0.39 is 5.60 Å². The van der Waals surface area contributed by atoms with Crippen LogP contribution in [0.5, 0.6) is 0 Å². The summed E-state index contributed by atoms with van der Waals surface area (Å²) in [6.45, 7) is 1.18. The molecule has 0 radical (unpaired) electrons. The number of piperidine rings is 1. The highest BCUT2D eigenvalue weighted by Gasteiger charge is 2.44. The molecule has 1 N–H and O–H groups in total. The van der Waals surface area contributed by atoms with Gasteiger partial charge in [0.05, 0.1) is 16.9 Å². The average molecular weight is 406 g/mol. The van der Waals surface area contributed by atoms with Crippen LogP contribution in [0.4, 0.5) is 0 Å². The van der Waals surface area contributed by atoms with Gasteiger partial charge in [-0.05, 0) is 47.9 Å². The maximum Gasteiger partial charge on any atom is 0.256 e. The number of nitrogens with zero attached hydrogens (tertiary/aromatic N) is 5. The third-order valence-corrected chi connectivity index (χ3v) is 5.99. The Kier molecular flexibility index (Phi) is 4.33. The number of carbonyl (C=O) groups excluding carboxylic acids is 1. The second-order valence-electron chi connectivity index (χ2n) is 6.96. The number of fused-ring (bicyclic) bond motifs is 1. The SMILES string of the molecule is O=C(c1cc(Br)ccc1-n1cnnn1)N1CCC2(O)CCCCC2C1. The number of hydrogen-bond acceptors (Lipinski definition) is 5. The zero-order chi connectivity index (χ0) is 17.4. The number of aliphatic hydroxyl groups is 1. The van der Waals surface area contributed by atoms with Gasteiger partial charge in [0.2, 0.25) is 0 Å². The summed E-state index contributed by atoms with van der Waals surface area (Å²) in [4.78, 5) is 15.0. The van der Waals surface area contributed by atoms with Crippen LogP contribution in [-0.4, -0.2) is 54.8 Å². The van der Waals surface area contributed by atoms with Crippen LogP contribution in [0, 0.1) is 5.92 Å². The standard InChI is InChI=1S/C17H20BrN5O2/c18-13-4-5-15(23-11-19-20-21-23)14(9-13)16(24)22-8-7-17(25)6-2-1-3-12(17)10-22/h4-5,9,11-12,25H,1-3,6-8,10H2. The highest BCUT2D eigenvalue weighted by molar-refractivity contribution is 9.10. The largest absolute Gasteiger partial charge is 0.389 e. The number of rotatable bonds is 2. The van der Waals surface area contributed by atoms with E-state index in [1.165, 1.54) is 11.0 Å². The molecule has 25 heavy (non-hydrogen) atoms. The molecular weight excluding hydrogens is 386 g/mol. The molecule has 2 unspecified atom stereocenters. The second kappa shape index (κ2) is 6.49. The number of likely N-dealkylation sites (tertiary alicyclic amines) is 1. The lowest BCUT2D eigenvalue weighted by molar-refractivity contribution is -0.0886. The zero-order valence-electron chi connectivity index (χ0n) is 13.8. The molecule has 8 heteroatoms. The molecule has 1 amide bonds. The van der Waals surface area contributed by atoms with Gasteiger partial charge in [0, 0.05) is 23.5 Å². The summed E-state index contributed by atoms with van der Waals surface area (Å²) >= 11 is 3.44. The van der Waals surface area contributed by atoms with E-state index in [2.05, 4.69) is 31.5 Å². The van der Waals surface area contributed by atoms with Crippen molar-refractivity contribution in [1.29, 1.82) is 0 Å². The van der Waals surface area contributed by atoms with Gasteiger partial charge in [-0.25, -0.2) is 0 Å². The van der Waals surface area contributed by atoms with E-state index in [4.69, 9.17) is 0 Å². The van der Waals surface area contributed by atoms with E-state index in [1.807, 2.05) is 17.0 Å². The van der Waals surface area contributed by atoms with E-state index >= 15 is 0 Å². The fraction of sp³-hybridized carbons (Fsp3) is 0.529. The van der Waals surface area contributed by atoms with Crippen LogP contribution in [0.25, 0.3) is 5.69 Å². The molecule has 4 rings (SSSR count). The van der Waals surface area contributed by atoms with Crippen molar-refractivity contribution in [2.24, 2.45) is 5.92 Å². The van der Waals surface area contributed by atoms with Crippen molar-refractivity contribution in [1.82, 2.24) is 25.1 Å². The first-order valence-corrected chi connectivity index (χ1v) is 9.41. The van der Waals surface area contributed by atoms with Gasteiger partial charge in [-0.15, -0.1) is 5.10 Å². The molecule has 2 heterocycles. The van der Waals surface area contributed by atoms with Gasteiger partial charge in [-0.1, -0.05) is 28.8 Å². The van der Waals surface area contributed by atoms with E-state index in [0.29, 0.717) is 30.8 Å². The summed E-state index contributed by atoms with van der Waals surface area (Å²) in [6, 6.07) is 5.50. The van der Waals surface area contributed by atoms with Gasteiger partial charge >= 0.3 is 0 Å². The van der Waals surface area contributed by atoms with E-state index in [0.717, 1.165) is 30.2 Å². The summed E-state index contributed by atoms with van der Waals surface area (Å²) in [5.74, 6) is 0.127. The number of tetrazole rings is 1. The van der Waals surface area contributed by atoms with Gasteiger partial charge < -0.3 is 10.0 Å². The minimum atomic E-state index is -0.592. The molecule has 2 fully saturated rings. The van der Waals surface area contributed by atoms with Gasteiger partial charge in [0.25, 0.3) is 5.91 Å². The summed E-state index contributed by atoms with van der Waals surface area (Å²) < 4.78 is 2.33. The minimum absolute atomic E-state index is 0.0422. The molecule has 132 valence electrons. The van der Waals surface area contributed by atoms with E-state index in [1.54, 1.807) is 6.07 Å². The van der Waals surface area contributed by atoms with Crippen molar-refractivity contribution >= 4 is 21.8 Å². The maximum atomic E-state index is 13.2. The van der Waals surface area contributed by atoms with Crippen LogP contribution in [-0.2, 0) is 0 Å². The molecule has 2 aromatic rings. The Balaban J connectivity index is 1.62. The van der Waals surface area contributed by atoms with Crippen molar-refractivity contribution in [3.63, 3.8) is 0 Å². The third-order valence-electron chi connectivity index (χ3n) is 5.50. The lowest BCUT2D eigenvalue weighted by Gasteiger charge is -2.47. The molecule has 1 saturated heterocycles. The molecule has 2 aliphatic rings. The Morgan fingerprint density at radius 1 is 1.32 bits per heavy atom. The summed E-state index contributed by atoms with van der Waals surface area (Å²) in [5, 5.41) is 22.1. The summed E-state index contributed by atoms with van der Waals surface area (Å²) in [7, 11) is 0. The summed E-state index contributed by atoms with van der Waals surface area (Å²) in [6.07, 6.45) is 6.18. The van der Waals surface area contributed by atoms with Crippen molar-refractivity contribution in [2.45, 2.75) is 37.7 Å². The van der Waals surface area contributed by atoms with Crippen LogP contribution in [0.1, 0.15) is 42.5 Å². The van der Waals surface area contributed by atoms with Crippen molar-refractivity contribution < 1.29 is 9.90 Å². The van der Waals surface area contributed by atoms with Crippen LogP contribution in [0.3, 0.4) is 0 Å². The van der Waals surface area contributed by atoms with Gasteiger partial charge in [-0.3, -0.25) is 4.79 Å². The Labute approximate surface area is 154 Å². The molecule has 1 aliphatic heterocycles. The minimum Gasteiger partial charge on any atom is -0.389 e. The lowest BCUT2D eigenvalue weighted by atomic mass is 9.71. The van der Waals surface area contributed by atoms with Crippen LogP contribution >= 0.6 is 15.9 Å². The fourth-order valence-corrected chi connectivity index (χ4v) is 4.44. The number of hydrogen-bond donors (Lipinski definition) is 1. The number of benzene rings is 1. The first kappa shape index (κ1) is 16.7. The molecule has 1 saturated carbocycles. The molecule has 2 atom stereocenters. The Hall–Kier alpha value is -1.80. The first-order valence-electron chi connectivity index (χ1n) is 8.61. The third kappa shape index (κ3) is 3.08. The number of aromatic nitrogens is 4. The Bertz CT molecular complexity index is 781. The van der Waals surface area contributed by atoms with E-state index in [9.17, 15) is 9.90 Å². The average Bonchev–Trinajstić information content (AvgIpc) is 3.14. The second-order valence-corrected chi connectivity index (χ2v) is 7.88.